The number of para-hydroxylation sites is 1. The molecule has 1 N–H and O–H groups in total. The van der Waals surface area contributed by atoms with Crippen LogP contribution in [0.5, 0.6) is 0 Å². The lowest BCUT2D eigenvalue weighted by Gasteiger charge is -2.20. The molecule has 0 amide bonds. The Hall–Kier alpha value is -2.11. The van der Waals surface area contributed by atoms with Gasteiger partial charge < -0.3 is 19.0 Å². The molecule has 3 heterocycles. The van der Waals surface area contributed by atoms with Gasteiger partial charge in [0, 0.05) is 36.7 Å². The second-order valence-corrected chi connectivity index (χ2v) is 5.28. The van der Waals surface area contributed by atoms with Crippen LogP contribution >= 0.6 is 0 Å². The zero-order chi connectivity index (χ0) is 14.2. The number of hydrogen-bond acceptors (Lipinski definition) is 3. The first-order chi connectivity index (χ1) is 10.4. The van der Waals surface area contributed by atoms with Gasteiger partial charge in [0.15, 0.2) is 0 Å². The average Bonchev–Trinajstić information content (AvgIpc) is 3.24. The fourth-order valence-corrected chi connectivity index (χ4v) is 3.07. The molecule has 1 fully saturated rings. The van der Waals surface area contributed by atoms with E-state index in [1.165, 1.54) is 5.39 Å². The Labute approximate surface area is 122 Å². The van der Waals surface area contributed by atoms with Crippen molar-refractivity contribution < 1.29 is 9.47 Å². The van der Waals surface area contributed by atoms with Crippen molar-refractivity contribution in [3.05, 3.63) is 42.9 Å². The van der Waals surface area contributed by atoms with Gasteiger partial charge in [-0.2, -0.15) is 0 Å². The molecule has 1 aliphatic heterocycles. The van der Waals surface area contributed by atoms with Crippen LogP contribution in [0.1, 0.15) is 6.04 Å². The van der Waals surface area contributed by atoms with Gasteiger partial charge in [0.25, 0.3) is 0 Å². The topological polar surface area (TPSA) is 52.1 Å². The molecule has 0 spiro atoms. The summed E-state index contributed by atoms with van der Waals surface area (Å²) in [6, 6.07) is 8.48. The van der Waals surface area contributed by atoms with Gasteiger partial charge in [0.1, 0.15) is 11.9 Å². The minimum absolute atomic E-state index is 0.0702. The molecule has 21 heavy (non-hydrogen) atoms. The third kappa shape index (κ3) is 1.97. The highest BCUT2D eigenvalue weighted by molar-refractivity contribution is 5.92. The lowest BCUT2D eigenvalue weighted by molar-refractivity contribution is 0.0688. The standard InChI is InChI=1S/C16H17N3O2/c1-20-14-10-21-9-13(14)19-8-7-18-16(19)12-4-2-3-11-5-6-17-15(11)12/h2-8,13-14,17H,9-10H2,1H3/t13-,14-/m0/s1. The van der Waals surface area contributed by atoms with Gasteiger partial charge in [-0.3, -0.25) is 0 Å². The molecule has 2 atom stereocenters. The van der Waals surface area contributed by atoms with Gasteiger partial charge in [-0.05, 0) is 12.1 Å². The van der Waals surface area contributed by atoms with Crippen LogP contribution in [0.15, 0.2) is 42.9 Å². The van der Waals surface area contributed by atoms with E-state index in [2.05, 4.69) is 38.8 Å². The molecule has 5 nitrogen and oxygen atoms in total. The molecule has 2 aromatic heterocycles. The van der Waals surface area contributed by atoms with Crippen LogP contribution in [0.2, 0.25) is 0 Å². The van der Waals surface area contributed by atoms with Gasteiger partial charge >= 0.3 is 0 Å². The largest absolute Gasteiger partial charge is 0.377 e. The zero-order valence-corrected chi connectivity index (χ0v) is 11.8. The number of nitrogens with zero attached hydrogens (tertiary/aromatic N) is 2. The SMILES string of the molecule is CO[C@H]1COC[C@@H]1n1ccnc1-c1cccc2cc[nH]c12. The van der Waals surface area contributed by atoms with Crippen molar-refractivity contribution in [2.24, 2.45) is 0 Å². The maximum atomic E-state index is 5.57. The van der Waals surface area contributed by atoms with Gasteiger partial charge in [-0.15, -0.1) is 0 Å². The average molecular weight is 283 g/mol. The second-order valence-electron chi connectivity index (χ2n) is 5.28. The van der Waals surface area contributed by atoms with Crippen LogP contribution in [-0.2, 0) is 9.47 Å². The van der Waals surface area contributed by atoms with Gasteiger partial charge in [-0.1, -0.05) is 12.1 Å². The Morgan fingerprint density at radius 3 is 3.19 bits per heavy atom. The first-order valence-electron chi connectivity index (χ1n) is 7.08. The first-order valence-corrected chi connectivity index (χ1v) is 7.08. The Morgan fingerprint density at radius 1 is 1.33 bits per heavy atom. The number of fused-ring (bicyclic) bond motifs is 1. The molecule has 0 aliphatic carbocycles. The Morgan fingerprint density at radius 2 is 2.29 bits per heavy atom. The highest BCUT2D eigenvalue weighted by atomic mass is 16.5. The van der Waals surface area contributed by atoms with Crippen molar-refractivity contribution in [2.45, 2.75) is 12.1 Å². The fraction of sp³-hybridized carbons (Fsp3) is 0.312. The second kappa shape index (κ2) is 5.02. The van der Waals surface area contributed by atoms with Crippen LogP contribution in [0.25, 0.3) is 22.3 Å². The van der Waals surface area contributed by atoms with E-state index >= 15 is 0 Å². The molecule has 1 aliphatic rings. The summed E-state index contributed by atoms with van der Waals surface area (Å²) in [6.45, 7) is 1.29. The monoisotopic (exact) mass is 283 g/mol. The van der Waals surface area contributed by atoms with E-state index in [4.69, 9.17) is 9.47 Å². The maximum absolute atomic E-state index is 5.57. The number of ether oxygens (including phenoxy) is 2. The smallest absolute Gasteiger partial charge is 0.142 e. The van der Waals surface area contributed by atoms with Crippen molar-refractivity contribution in [3.63, 3.8) is 0 Å². The maximum Gasteiger partial charge on any atom is 0.142 e. The lowest BCUT2D eigenvalue weighted by atomic mass is 10.1. The molecule has 0 saturated carbocycles. The summed E-state index contributed by atoms with van der Waals surface area (Å²) in [5.74, 6) is 0.945. The molecule has 108 valence electrons. The number of nitrogens with one attached hydrogen (secondary N) is 1. The van der Waals surface area contributed by atoms with Crippen LogP contribution in [-0.4, -0.2) is 41.0 Å². The first kappa shape index (κ1) is 12.6. The third-order valence-electron chi connectivity index (χ3n) is 4.16. The molecule has 5 heteroatoms. The number of methoxy groups -OCH3 is 1. The number of aromatic nitrogens is 3. The number of aromatic amines is 1. The molecule has 3 aromatic rings. The highest BCUT2D eigenvalue weighted by Crippen LogP contribution is 2.31. The molecular weight excluding hydrogens is 266 g/mol. The van der Waals surface area contributed by atoms with Crippen molar-refractivity contribution in [2.75, 3.05) is 20.3 Å². The number of H-pyrrole nitrogens is 1. The van der Waals surface area contributed by atoms with Crippen molar-refractivity contribution >= 4 is 10.9 Å². The lowest BCUT2D eigenvalue weighted by Crippen LogP contribution is -2.24. The molecule has 1 saturated heterocycles. The van der Waals surface area contributed by atoms with E-state index in [0.29, 0.717) is 13.2 Å². The Balaban J connectivity index is 1.84. The molecule has 1 aromatic carbocycles. The van der Waals surface area contributed by atoms with E-state index < -0.39 is 0 Å². The quantitative estimate of drug-likeness (QED) is 0.804. The number of hydrogen-bond donors (Lipinski definition) is 1. The summed E-state index contributed by atoms with van der Waals surface area (Å²) in [7, 11) is 1.73. The molecule has 0 radical (unpaired) electrons. The normalized spacial score (nSPS) is 22.1. The molecular formula is C16H17N3O2. The summed E-state index contributed by atoms with van der Waals surface area (Å²) in [5, 5.41) is 1.19. The molecule has 4 rings (SSSR count). The summed E-state index contributed by atoms with van der Waals surface area (Å²) in [6.07, 6.45) is 5.86. The Bertz CT molecular complexity index is 762. The molecule has 0 unspecified atom stereocenters. The van der Waals surface area contributed by atoms with Gasteiger partial charge in [0.05, 0.1) is 24.8 Å². The number of benzene rings is 1. The van der Waals surface area contributed by atoms with E-state index in [1.807, 2.05) is 18.6 Å². The van der Waals surface area contributed by atoms with Crippen LogP contribution in [0.3, 0.4) is 0 Å². The van der Waals surface area contributed by atoms with E-state index in [9.17, 15) is 0 Å². The number of rotatable bonds is 3. The fourth-order valence-electron chi connectivity index (χ4n) is 3.07. The van der Waals surface area contributed by atoms with Crippen molar-refractivity contribution in [1.29, 1.82) is 0 Å². The van der Waals surface area contributed by atoms with Crippen molar-refractivity contribution in [1.82, 2.24) is 14.5 Å². The predicted molar refractivity (Wildman–Crippen MR) is 80.2 cm³/mol. The zero-order valence-electron chi connectivity index (χ0n) is 11.8. The molecule has 0 bridgehead atoms. The summed E-state index contributed by atoms with van der Waals surface area (Å²) >= 11 is 0. The van der Waals surface area contributed by atoms with Crippen LogP contribution < -0.4 is 0 Å². The minimum atomic E-state index is 0.0702. The summed E-state index contributed by atoms with van der Waals surface area (Å²) in [5.41, 5.74) is 2.21. The van der Waals surface area contributed by atoms with E-state index in [0.717, 1.165) is 16.9 Å². The van der Waals surface area contributed by atoms with Crippen LogP contribution in [0, 0.1) is 0 Å². The Kier molecular flexibility index (Phi) is 3.02. The van der Waals surface area contributed by atoms with Gasteiger partial charge in [0.2, 0.25) is 0 Å². The van der Waals surface area contributed by atoms with E-state index in [1.54, 1.807) is 7.11 Å². The minimum Gasteiger partial charge on any atom is -0.377 e. The predicted octanol–water partition coefficient (Wildman–Crippen LogP) is 2.62. The van der Waals surface area contributed by atoms with E-state index in [-0.39, 0.29) is 12.1 Å². The van der Waals surface area contributed by atoms with Crippen molar-refractivity contribution in [3.8, 4) is 11.4 Å². The highest BCUT2D eigenvalue weighted by Gasteiger charge is 2.31. The number of imidazole rings is 1. The summed E-state index contributed by atoms with van der Waals surface area (Å²) in [4.78, 5) is 7.86. The van der Waals surface area contributed by atoms with Gasteiger partial charge in [-0.25, -0.2) is 4.98 Å². The third-order valence-corrected chi connectivity index (χ3v) is 4.16. The summed E-state index contributed by atoms with van der Waals surface area (Å²) < 4.78 is 13.3. The van der Waals surface area contributed by atoms with Crippen LogP contribution in [0.4, 0.5) is 0 Å².